The fourth-order valence-electron chi connectivity index (χ4n) is 12.5. The van der Waals surface area contributed by atoms with Gasteiger partial charge in [0.25, 0.3) is 0 Å². The molecule has 11 heteroatoms. The molecule has 0 aliphatic carbocycles. The third-order valence-corrected chi connectivity index (χ3v) is 18.7. The highest BCUT2D eigenvalue weighted by Crippen LogP contribution is 2.24. The van der Waals surface area contributed by atoms with Crippen LogP contribution in [0.15, 0.2) is 72.9 Å². The minimum Gasteiger partial charge on any atom is -0.466 e. The summed E-state index contributed by atoms with van der Waals surface area (Å²) in [5, 5.41) is 54.6. The molecule has 1 rings (SSSR count). The summed E-state index contributed by atoms with van der Waals surface area (Å²) in [6.07, 6.45) is 87.9. The van der Waals surface area contributed by atoms with Crippen LogP contribution in [0.1, 0.15) is 380 Å². The predicted octanol–water partition coefficient (Wildman–Crippen LogP) is 21.8. The lowest BCUT2D eigenvalue weighted by Crippen LogP contribution is -2.60. The van der Waals surface area contributed by atoms with Crippen LogP contribution in [-0.4, -0.2) is 100 Å². The van der Waals surface area contributed by atoms with Gasteiger partial charge in [0.1, 0.15) is 24.4 Å². The Hall–Kier alpha value is -2.90. The Morgan fingerprint density at radius 1 is 0.394 bits per heavy atom. The molecule has 7 atom stereocenters. The number of ether oxygens (including phenoxy) is 3. The van der Waals surface area contributed by atoms with Crippen LogP contribution in [0.3, 0.4) is 0 Å². The van der Waals surface area contributed by atoms with E-state index in [-0.39, 0.29) is 18.5 Å². The molecule has 1 aliphatic heterocycles. The molecule has 1 saturated heterocycles. The number of aliphatic hydroxyl groups is 5. The molecule has 0 saturated carbocycles. The molecule has 1 amide bonds. The smallest absolute Gasteiger partial charge is 0.305 e. The maximum absolute atomic E-state index is 13.1. The first-order valence-electron chi connectivity index (χ1n) is 40.2. The number of hydrogen-bond acceptors (Lipinski definition) is 10. The van der Waals surface area contributed by atoms with Crippen LogP contribution >= 0.6 is 0 Å². The molecule has 0 aromatic rings. The van der Waals surface area contributed by atoms with E-state index in [1.807, 2.05) is 6.08 Å². The van der Waals surface area contributed by atoms with Crippen molar-refractivity contribution in [3.8, 4) is 0 Å². The molecule has 94 heavy (non-hydrogen) atoms. The van der Waals surface area contributed by atoms with E-state index in [2.05, 4.69) is 79.9 Å². The quantitative estimate of drug-likeness (QED) is 0.0195. The second-order valence-corrected chi connectivity index (χ2v) is 27.7. The number of aliphatic hydroxyl groups excluding tert-OH is 5. The number of hydrogen-bond donors (Lipinski definition) is 6. The van der Waals surface area contributed by atoms with E-state index in [4.69, 9.17) is 14.2 Å². The van der Waals surface area contributed by atoms with Crippen LogP contribution in [0, 0.1) is 0 Å². The zero-order valence-electron chi connectivity index (χ0n) is 61.2. The number of amides is 1. The van der Waals surface area contributed by atoms with Gasteiger partial charge in [-0.1, -0.05) is 337 Å². The summed E-state index contributed by atoms with van der Waals surface area (Å²) in [5.41, 5.74) is 0. The number of rotatable bonds is 71. The van der Waals surface area contributed by atoms with Crippen molar-refractivity contribution in [1.82, 2.24) is 5.32 Å². The van der Waals surface area contributed by atoms with Crippen molar-refractivity contribution in [2.75, 3.05) is 19.8 Å². The van der Waals surface area contributed by atoms with E-state index in [0.717, 1.165) is 70.6 Å². The Labute approximate surface area is 579 Å². The third kappa shape index (κ3) is 59.2. The molecule has 0 bridgehead atoms. The third-order valence-electron chi connectivity index (χ3n) is 18.7. The molecule has 548 valence electrons. The van der Waals surface area contributed by atoms with Gasteiger partial charge in [-0.15, -0.1) is 0 Å². The minimum atomic E-state index is -1.58. The number of esters is 1. The lowest BCUT2D eigenvalue weighted by Gasteiger charge is -2.40. The Bertz CT molecular complexity index is 1790. The molecule has 1 fully saturated rings. The highest BCUT2D eigenvalue weighted by molar-refractivity contribution is 5.76. The summed E-state index contributed by atoms with van der Waals surface area (Å²) in [5.74, 6) is -0.188. The summed E-state index contributed by atoms with van der Waals surface area (Å²) >= 11 is 0. The topological polar surface area (TPSA) is 175 Å². The van der Waals surface area contributed by atoms with Crippen LogP contribution in [-0.2, 0) is 23.8 Å². The van der Waals surface area contributed by atoms with Gasteiger partial charge < -0.3 is 45.1 Å². The maximum atomic E-state index is 13.1. The Morgan fingerprint density at radius 3 is 1.16 bits per heavy atom. The highest BCUT2D eigenvalue weighted by Gasteiger charge is 2.44. The largest absolute Gasteiger partial charge is 0.466 e. The first-order valence-corrected chi connectivity index (χ1v) is 40.2. The average Bonchev–Trinajstić information content (AvgIpc) is 0.844. The van der Waals surface area contributed by atoms with Gasteiger partial charge >= 0.3 is 5.97 Å². The van der Waals surface area contributed by atoms with Crippen molar-refractivity contribution in [2.45, 2.75) is 423 Å². The van der Waals surface area contributed by atoms with Crippen molar-refractivity contribution >= 4 is 11.9 Å². The molecule has 0 aromatic heterocycles. The predicted molar refractivity (Wildman–Crippen MR) is 398 cm³/mol. The van der Waals surface area contributed by atoms with Crippen LogP contribution in [0.25, 0.3) is 0 Å². The van der Waals surface area contributed by atoms with Gasteiger partial charge in [-0.25, -0.2) is 0 Å². The molecule has 11 nitrogen and oxygen atoms in total. The van der Waals surface area contributed by atoms with Crippen molar-refractivity contribution in [3.05, 3.63) is 72.9 Å². The fourth-order valence-corrected chi connectivity index (χ4v) is 12.5. The summed E-state index contributed by atoms with van der Waals surface area (Å²) in [6.45, 7) is 4.29. The number of allylic oxidation sites excluding steroid dienone is 11. The molecule has 0 radical (unpaired) electrons. The number of unbranched alkanes of at least 4 members (excludes halogenated alkanes) is 47. The van der Waals surface area contributed by atoms with E-state index in [1.165, 1.54) is 283 Å². The van der Waals surface area contributed by atoms with Gasteiger partial charge in [-0.3, -0.25) is 9.59 Å². The zero-order valence-corrected chi connectivity index (χ0v) is 61.2. The molecule has 0 spiro atoms. The monoisotopic (exact) mass is 1320 g/mol. The van der Waals surface area contributed by atoms with Crippen molar-refractivity contribution in [3.63, 3.8) is 0 Å². The van der Waals surface area contributed by atoms with Gasteiger partial charge in [0.2, 0.25) is 5.91 Å². The van der Waals surface area contributed by atoms with Gasteiger partial charge in [-0.05, 0) is 103 Å². The average molecular weight is 1320 g/mol. The van der Waals surface area contributed by atoms with Crippen molar-refractivity contribution < 1.29 is 49.3 Å². The summed E-state index contributed by atoms with van der Waals surface area (Å²) in [6, 6.07) is -0.827. The number of nitrogens with one attached hydrogen (secondary N) is 1. The standard InChI is InChI=1S/C83H151NO10/c1-3-5-7-9-11-13-15-17-46-49-53-57-61-65-69-76(86)75(74-93-83-82(91)81(90)80(89)77(73-85)94-83)84-78(87)70-66-62-58-54-50-47-43-41-39-37-35-33-31-29-27-25-23-21-19-18-20-22-24-26-28-30-32-34-36-38-40-42-44-48-52-56-60-64-68-72-92-79(88)71-67-63-59-55-51-45-16-14-12-10-8-6-4-2/h8,10,14,16,18-19,22,24,49,53,65,69,75-77,80-83,85-86,89-91H,3-7,9,11-13,15,17,20-21,23,25-48,50-52,54-64,66-68,70-74H2,1-2H3,(H,84,87)/b10-8-,16-14-,19-18-,24-22-,53-49+,69-65+. The highest BCUT2D eigenvalue weighted by atomic mass is 16.7. The van der Waals surface area contributed by atoms with Gasteiger partial charge in [-0.2, -0.15) is 0 Å². The second kappa shape index (κ2) is 71.4. The van der Waals surface area contributed by atoms with Crippen LogP contribution in [0.5, 0.6) is 0 Å². The molecular formula is C83H151NO10. The molecule has 7 unspecified atom stereocenters. The number of carbonyl (C=O) groups is 2. The van der Waals surface area contributed by atoms with E-state index in [9.17, 15) is 35.1 Å². The normalized spacial score (nSPS) is 17.8. The summed E-state index contributed by atoms with van der Waals surface area (Å²) in [7, 11) is 0. The summed E-state index contributed by atoms with van der Waals surface area (Å²) in [4.78, 5) is 25.1. The second-order valence-electron chi connectivity index (χ2n) is 27.7. The lowest BCUT2D eigenvalue weighted by molar-refractivity contribution is -0.302. The van der Waals surface area contributed by atoms with E-state index < -0.39 is 49.5 Å². The molecule has 6 N–H and O–H groups in total. The first kappa shape index (κ1) is 89.1. The van der Waals surface area contributed by atoms with E-state index >= 15 is 0 Å². The van der Waals surface area contributed by atoms with Crippen molar-refractivity contribution in [2.24, 2.45) is 0 Å². The van der Waals surface area contributed by atoms with Gasteiger partial charge in [0.05, 0.1) is 32.0 Å². The molecular weight excluding hydrogens is 1170 g/mol. The minimum absolute atomic E-state index is 0.00111. The molecule has 1 heterocycles. The molecule has 1 aliphatic rings. The maximum Gasteiger partial charge on any atom is 0.305 e. The van der Waals surface area contributed by atoms with Crippen LogP contribution < -0.4 is 5.32 Å². The van der Waals surface area contributed by atoms with E-state index in [1.54, 1.807) is 6.08 Å². The fraction of sp³-hybridized carbons (Fsp3) is 0.831. The Kier molecular flexibility index (Phi) is 67.7. The van der Waals surface area contributed by atoms with Gasteiger partial charge in [0.15, 0.2) is 6.29 Å². The van der Waals surface area contributed by atoms with E-state index in [0.29, 0.717) is 19.4 Å². The number of carbonyl (C=O) groups excluding carboxylic acids is 2. The SMILES string of the molecule is CCC/C=C\C/C=C\CCCCCCCC(=O)OCCCCCCCCCCCCCCCCC/C=C\C/C=C\CCCCCCCCCCCCCCCCCCCC(=O)NC(COC1OC(CO)C(O)C(O)C1O)C(O)/C=C/CC/C=C/CCCCCCCCCC. The first-order chi connectivity index (χ1) is 46.2. The van der Waals surface area contributed by atoms with Crippen molar-refractivity contribution in [1.29, 1.82) is 0 Å². The van der Waals surface area contributed by atoms with Gasteiger partial charge in [0, 0.05) is 12.8 Å². The van der Waals surface area contributed by atoms with Crippen LogP contribution in [0.2, 0.25) is 0 Å². The Morgan fingerprint density at radius 2 is 0.745 bits per heavy atom. The molecule has 0 aromatic carbocycles. The zero-order chi connectivity index (χ0) is 67.9. The summed E-state index contributed by atoms with van der Waals surface area (Å²) < 4.78 is 16.8. The lowest BCUT2D eigenvalue weighted by atomic mass is 9.99. The Balaban J connectivity index is 1.92. The van der Waals surface area contributed by atoms with Crippen LogP contribution in [0.4, 0.5) is 0 Å².